The lowest BCUT2D eigenvalue weighted by Crippen LogP contribution is -2.55. The number of hydrogen-bond donors (Lipinski definition) is 0. The molecule has 0 heterocycles. The van der Waals surface area contributed by atoms with Gasteiger partial charge >= 0.3 is 11.9 Å². The molecular formula is C60H95NO7. The summed E-state index contributed by atoms with van der Waals surface area (Å²) in [5.41, 5.74) is 0. The Labute approximate surface area is 415 Å². The van der Waals surface area contributed by atoms with Gasteiger partial charge in [0.25, 0.3) is 0 Å². The van der Waals surface area contributed by atoms with Crippen molar-refractivity contribution in [2.45, 2.75) is 187 Å². The van der Waals surface area contributed by atoms with Crippen LogP contribution in [0.5, 0.6) is 0 Å². The van der Waals surface area contributed by atoms with Crippen LogP contribution in [0.25, 0.3) is 0 Å². The lowest BCUT2D eigenvalue weighted by molar-refractivity contribution is -0.889. The van der Waals surface area contributed by atoms with Gasteiger partial charge in [-0.05, 0) is 109 Å². The molecule has 0 fully saturated rings. The highest BCUT2D eigenvalue weighted by atomic mass is 16.6. The predicted octanol–water partition coefficient (Wildman–Crippen LogP) is 14.2. The number of rotatable bonds is 45. The van der Waals surface area contributed by atoms with E-state index < -0.39 is 18.1 Å². The maximum Gasteiger partial charge on any atom is 0.306 e. The highest BCUT2D eigenvalue weighted by Crippen LogP contribution is 2.12. The number of carboxylic acid groups (broad SMARTS) is 1. The molecule has 0 amide bonds. The predicted molar refractivity (Wildman–Crippen MR) is 286 cm³/mol. The van der Waals surface area contributed by atoms with Crippen molar-refractivity contribution >= 4 is 17.9 Å². The number of nitrogens with zero attached hydrogens (tertiary/aromatic N) is 1. The summed E-state index contributed by atoms with van der Waals surface area (Å²) in [4.78, 5) is 37.1. The van der Waals surface area contributed by atoms with Gasteiger partial charge in [0.1, 0.15) is 12.6 Å². The third-order valence-electron chi connectivity index (χ3n) is 10.8. The zero-order chi connectivity index (χ0) is 49.9. The molecule has 0 saturated heterocycles. The molecule has 8 heteroatoms. The maximum atomic E-state index is 12.8. The minimum Gasteiger partial charge on any atom is -0.544 e. The number of esters is 2. The van der Waals surface area contributed by atoms with Gasteiger partial charge in [0, 0.05) is 19.3 Å². The van der Waals surface area contributed by atoms with E-state index in [1.54, 1.807) is 21.1 Å². The fourth-order valence-corrected chi connectivity index (χ4v) is 6.75. The van der Waals surface area contributed by atoms with Gasteiger partial charge in [-0.1, -0.05) is 180 Å². The highest BCUT2D eigenvalue weighted by molar-refractivity contribution is 5.70. The van der Waals surface area contributed by atoms with Gasteiger partial charge in [0.15, 0.2) is 6.10 Å². The van der Waals surface area contributed by atoms with E-state index in [0.717, 1.165) is 109 Å². The van der Waals surface area contributed by atoms with Crippen LogP contribution in [0, 0.1) is 0 Å². The number of unbranched alkanes of at least 4 members (excludes halogenated alkanes) is 9. The smallest absolute Gasteiger partial charge is 0.306 e. The number of carbonyl (C=O) groups excluding carboxylic acids is 3. The number of carboxylic acids is 1. The van der Waals surface area contributed by atoms with Gasteiger partial charge in [-0.15, -0.1) is 0 Å². The number of hydrogen-bond acceptors (Lipinski definition) is 7. The molecule has 2 atom stereocenters. The number of carbonyl (C=O) groups is 3. The van der Waals surface area contributed by atoms with Crippen LogP contribution < -0.4 is 5.11 Å². The first-order valence-electron chi connectivity index (χ1n) is 26.2. The molecular weight excluding hydrogens is 847 g/mol. The van der Waals surface area contributed by atoms with Crippen molar-refractivity contribution in [1.82, 2.24) is 0 Å². The highest BCUT2D eigenvalue weighted by Gasteiger charge is 2.25. The standard InChI is InChI=1S/C60H95NO7/c1-6-8-10-12-14-16-18-20-22-24-26-28-29-31-32-34-36-38-40-42-44-46-48-50-58(62)67-55-56(54-66-53-52-57(60(64)65)61(3,4)5)68-59(63)51-49-47-45-43-41-39-37-35-33-30-27-25-23-21-19-17-15-13-11-9-7-2/h8,10,14-17,20-23,26-28,30-32,35-38,42,44,56-57H,6-7,9,11-13,18-19,24-25,29,33-34,39-41,43,45-55H2,1-5H3/b10-8+,16-14+,17-15+,22-20+,23-21+,28-26+,30-27+,32-31+,37-35+,38-36+,44-42+. The van der Waals surface area contributed by atoms with Crippen molar-refractivity contribution < 1.29 is 38.2 Å². The molecule has 0 aromatic carbocycles. The molecule has 0 aromatic heterocycles. The van der Waals surface area contributed by atoms with Gasteiger partial charge < -0.3 is 28.6 Å². The van der Waals surface area contributed by atoms with E-state index in [4.69, 9.17) is 14.2 Å². The second-order valence-corrected chi connectivity index (χ2v) is 18.0. The Morgan fingerprint density at radius 3 is 1.26 bits per heavy atom. The molecule has 0 aromatic rings. The van der Waals surface area contributed by atoms with Gasteiger partial charge in [-0.2, -0.15) is 0 Å². The maximum absolute atomic E-state index is 12.8. The van der Waals surface area contributed by atoms with E-state index in [-0.39, 0.29) is 55.5 Å². The van der Waals surface area contributed by atoms with Crippen molar-refractivity contribution in [3.05, 3.63) is 134 Å². The Hall–Kier alpha value is -4.53. The van der Waals surface area contributed by atoms with Crippen LogP contribution in [0.2, 0.25) is 0 Å². The molecule has 0 bridgehead atoms. The number of aliphatic carboxylic acids is 1. The van der Waals surface area contributed by atoms with Gasteiger partial charge in [-0.3, -0.25) is 9.59 Å². The topological polar surface area (TPSA) is 102 Å². The quantitative estimate of drug-likeness (QED) is 0.0259. The van der Waals surface area contributed by atoms with Crippen LogP contribution in [0.4, 0.5) is 0 Å². The number of ether oxygens (including phenoxy) is 3. The molecule has 0 N–H and O–H groups in total. The van der Waals surface area contributed by atoms with Crippen molar-refractivity contribution in [3.63, 3.8) is 0 Å². The van der Waals surface area contributed by atoms with E-state index in [0.29, 0.717) is 6.42 Å². The minimum absolute atomic E-state index is 0.00471. The Morgan fingerprint density at radius 2 is 0.838 bits per heavy atom. The van der Waals surface area contributed by atoms with E-state index in [2.05, 4.69) is 148 Å². The van der Waals surface area contributed by atoms with Crippen LogP contribution in [-0.2, 0) is 28.6 Å². The Balaban J connectivity index is 4.43. The van der Waals surface area contributed by atoms with Crippen LogP contribution in [0.3, 0.4) is 0 Å². The summed E-state index contributed by atoms with van der Waals surface area (Å²) in [7, 11) is 5.38. The van der Waals surface area contributed by atoms with Crippen molar-refractivity contribution in [2.24, 2.45) is 0 Å². The summed E-state index contributed by atoms with van der Waals surface area (Å²) in [6.45, 7) is 4.42. The average Bonchev–Trinajstić information content (AvgIpc) is 3.30. The molecule has 0 saturated carbocycles. The van der Waals surface area contributed by atoms with Crippen molar-refractivity contribution in [3.8, 4) is 0 Å². The summed E-state index contributed by atoms with van der Waals surface area (Å²) >= 11 is 0. The summed E-state index contributed by atoms with van der Waals surface area (Å²) in [5, 5.41) is 11.7. The largest absolute Gasteiger partial charge is 0.544 e. The van der Waals surface area contributed by atoms with Crippen LogP contribution >= 0.6 is 0 Å². The molecule has 0 spiro atoms. The summed E-state index contributed by atoms with van der Waals surface area (Å²) in [6, 6.07) is -0.748. The summed E-state index contributed by atoms with van der Waals surface area (Å²) in [6.07, 6.45) is 70.6. The lowest BCUT2D eigenvalue weighted by atomic mass is 10.1. The molecule has 0 radical (unpaired) electrons. The summed E-state index contributed by atoms with van der Waals surface area (Å²) in [5.74, 6) is -1.85. The number of quaternary nitrogens is 1. The zero-order valence-corrected chi connectivity index (χ0v) is 43.5. The van der Waals surface area contributed by atoms with E-state index in [9.17, 15) is 19.5 Å². The lowest BCUT2D eigenvalue weighted by Gasteiger charge is -2.34. The third kappa shape index (κ3) is 46.6. The molecule has 382 valence electrons. The minimum atomic E-state index is -1.14. The second-order valence-electron chi connectivity index (χ2n) is 18.0. The first-order chi connectivity index (χ1) is 33.1. The van der Waals surface area contributed by atoms with Gasteiger partial charge in [0.05, 0.1) is 40.3 Å². The number of likely N-dealkylation sites (N-methyl/N-ethyl adjacent to an activating group) is 1. The molecule has 0 aliphatic carbocycles. The second kappa shape index (κ2) is 48.9. The van der Waals surface area contributed by atoms with Crippen LogP contribution in [-0.4, -0.2) is 75.5 Å². The van der Waals surface area contributed by atoms with Crippen molar-refractivity contribution in [2.75, 3.05) is 41.0 Å². The van der Waals surface area contributed by atoms with Crippen molar-refractivity contribution in [1.29, 1.82) is 0 Å². The first-order valence-corrected chi connectivity index (χ1v) is 26.2. The fourth-order valence-electron chi connectivity index (χ4n) is 6.75. The average molecular weight is 942 g/mol. The third-order valence-corrected chi connectivity index (χ3v) is 10.8. The Morgan fingerprint density at radius 1 is 0.456 bits per heavy atom. The Kier molecular flexibility index (Phi) is 45.7. The van der Waals surface area contributed by atoms with E-state index in [1.807, 2.05) is 0 Å². The fraction of sp³-hybridized carbons (Fsp3) is 0.583. The molecule has 2 unspecified atom stereocenters. The van der Waals surface area contributed by atoms with E-state index in [1.165, 1.54) is 25.7 Å². The monoisotopic (exact) mass is 942 g/mol. The van der Waals surface area contributed by atoms with Gasteiger partial charge in [-0.25, -0.2) is 0 Å². The Bertz CT molecular complexity index is 1570. The van der Waals surface area contributed by atoms with Gasteiger partial charge in [0.2, 0.25) is 0 Å². The molecule has 8 nitrogen and oxygen atoms in total. The van der Waals surface area contributed by atoms with Crippen LogP contribution in [0.1, 0.15) is 174 Å². The SMILES string of the molecule is CC/C=C/C/C=C/C/C=C/C/C=C/C/C=C/C/C=C/C/C=C/CCCC(=O)OCC(COCCC(C(=O)[O-])[N+](C)(C)C)OC(=O)CCCCCCC/C=C/C/C=C/C/C=C/C/C=C/CCCCC. The molecule has 68 heavy (non-hydrogen) atoms. The molecule has 0 aliphatic heterocycles. The van der Waals surface area contributed by atoms with Crippen LogP contribution in [0.15, 0.2) is 134 Å². The van der Waals surface area contributed by atoms with E-state index >= 15 is 0 Å². The zero-order valence-electron chi connectivity index (χ0n) is 43.5. The number of allylic oxidation sites excluding steroid dienone is 22. The first kappa shape index (κ1) is 63.5. The molecule has 0 rings (SSSR count). The molecule has 0 aliphatic rings. The summed E-state index contributed by atoms with van der Waals surface area (Å²) < 4.78 is 17.2. The normalized spacial score (nSPS) is 14.0.